The third kappa shape index (κ3) is 6.37. The Morgan fingerprint density at radius 3 is 1.12 bits per heavy atom. The van der Waals surface area contributed by atoms with E-state index in [1.807, 2.05) is 90.1 Å². The molecule has 2 spiro atoms. The number of para-hydroxylation sites is 2. The molecule has 0 N–H and O–H groups in total. The Hall–Kier alpha value is -3.76. The number of hydrogen-bond acceptors (Lipinski definition) is 10. The Bertz CT molecular complexity index is 1700. The topological polar surface area (TPSA) is 124 Å². The second-order valence-corrected chi connectivity index (χ2v) is 18.1. The van der Waals surface area contributed by atoms with Gasteiger partial charge in [-0.15, -0.1) is 0 Å². The molecule has 5 aliphatic rings. The summed E-state index contributed by atoms with van der Waals surface area (Å²) in [5.41, 5.74) is -5.22. The van der Waals surface area contributed by atoms with Crippen molar-refractivity contribution in [3.8, 4) is 11.5 Å². The fourth-order valence-electron chi connectivity index (χ4n) is 9.97. The van der Waals surface area contributed by atoms with Crippen molar-refractivity contribution in [2.24, 2.45) is 10.8 Å². The average Bonchev–Trinajstić information content (AvgIpc) is 3.79. The highest BCUT2D eigenvalue weighted by Crippen LogP contribution is 2.66. The van der Waals surface area contributed by atoms with E-state index in [2.05, 4.69) is 0 Å². The van der Waals surface area contributed by atoms with Crippen molar-refractivity contribution in [1.29, 1.82) is 0 Å². The molecule has 0 radical (unpaired) electrons. The van der Waals surface area contributed by atoms with Gasteiger partial charge in [-0.05, 0) is 105 Å². The molecular weight excluding hydrogens is 712 g/mol. The number of hydrogen-bond donors (Lipinski definition) is 0. The number of Topliss-reactive ketones (excluding diaryl/α,β-unsaturated/α-hetero) is 2. The van der Waals surface area contributed by atoms with Gasteiger partial charge in [-0.1, -0.05) is 62.1 Å². The Morgan fingerprint density at radius 1 is 0.446 bits per heavy atom. The number of carbonyl (C=O) groups is 4. The number of benzene rings is 2. The van der Waals surface area contributed by atoms with Gasteiger partial charge in [-0.3, -0.25) is 9.59 Å². The Morgan fingerprint density at radius 2 is 0.768 bits per heavy atom. The molecule has 0 unspecified atom stereocenters. The van der Waals surface area contributed by atoms with E-state index < -0.39 is 57.0 Å². The maximum absolute atomic E-state index is 14.2. The Balaban J connectivity index is 1.07. The van der Waals surface area contributed by atoms with Gasteiger partial charge in [0.2, 0.25) is 11.2 Å². The molecular formula is C46H60O10. The first-order valence-corrected chi connectivity index (χ1v) is 20.9. The molecule has 2 aromatic rings. The molecule has 4 bridgehead atoms. The summed E-state index contributed by atoms with van der Waals surface area (Å²) in [5, 5.41) is 0. The predicted molar refractivity (Wildman–Crippen MR) is 209 cm³/mol. The molecule has 4 saturated heterocycles. The van der Waals surface area contributed by atoms with Crippen molar-refractivity contribution < 1.29 is 47.6 Å². The fourth-order valence-corrected chi connectivity index (χ4v) is 9.97. The number of ether oxygens (including phenoxy) is 6. The molecule has 5 heterocycles. The van der Waals surface area contributed by atoms with Crippen molar-refractivity contribution in [2.45, 2.75) is 153 Å². The van der Waals surface area contributed by atoms with Crippen LogP contribution in [0.3, 0.4) is 0 Å². The van der Waals surface area contributed by atoms with Crippen molar-refractivity contribution in [3.05, 3.63) is 59.7 Å². The van der Waals surface area contributed by atoms with Crippen LogP contribution in [0.1, 0.15) is 142 Å². The number of rotatable bonds is 0. The summed E-state index contributed by atoms with van der Waals surface area (Å²) in [5.74, 6) is -1.44. The van der Waals surface area contributed by atoms with Gasteiger partial charge in [0.05, 0.1) is 48.5 Å². The molecule has 6 atom stereocenters. The van der Waals surface area contributed by atoms with Crippen molar-refractivity contribution in [3.63, 3.8) is 0 Å². The summed E-state index contributed by atoms with van der Waals surface area (Å²) >= 11 is 0. The highest BCUT2D eigenvalue weighted by molar-refractivity contribution is 6.14. The lowest BCUT2D eigenvalue weighted by molar-refractivity contribution is -0.173. The molecule has 304 valence electrons. The normalized spacial score (nSPS) is 35.3. The molecule has 10 heteroatoms. The fraction of sp³-hybridized carbons (Fsp3) is 0.652. The van der Waals surface area contributed by atoms with E-state index in [1.165, 1.54) is 0 Å². The number of ketones is 2. The maximum Gasteiger partial charge on any atom is 0.346 e. The summed E-state index contributed by atoms with van der Waals surface area (Å²) in [6.07, 6.45) is 9.22. The first-order chi connectivity index (χ1) is 26.7. The van der Waals surface area contributed by atoms with E-state index in [0.29, 0.717) is 50.4 Å². The summed E-state index contributed by atoms with van der Waals surface area (Å²) in [7, 11) is 0. The van der Waals surface area contributed by atoms with E-state index in [9.17, 15) is 19.2 Å². The van der Waals surface area contributed by atoms with Gasteiger partial charge >= 0.3 is 11.9 Å². The number of cyclic esters (lactones) is 2. The molecule has 0 aromatic heterocycles. The Kier molecular flexibility index (Phi) is 11.0. The van der Waals surface area contributed by atoms with Crippen LogP contribution in [0.15, 0.2) is 48.5 Å². The minimum absolute atomic E-state index is 0.192. The van der Waals surface area contributed by atoms with E-state index in [4.69, 9.17) is 28.4 Å². The van der Waals surface area contributed by atoms with E-state index in [1.54, 1.807) is 0 Å². The first-order valence-electron chi connectivity index (χ1n) is 20.9. The maximum atomic E-state index is 14.2. The summed E-state index contributed by atoms with van der Waals surface area (Å²) in [4.78, 5) is 56.4. The third-order valence-corrected chi connectivity index (χ3v) is 14.1. The van der Waals surface area contributed by atoms with Crippen LogP contribution >= 0.6 is 0 Å². The molecule has 10 nitrogen and oxygen atoms in total. The van der Waals surface area contributed by atoms with E-state index >= 15 is 0 Å². The van der Waals surface area contributed by atoms with Gasteiger partial charge in [-0.2, -0.15) is 0 Å². The van der Waals surface area contributed by atoms with Crippen LogP contribution in [0.2, 0.25) is 0 Å². The lowest BCUT2D eigenvalue weighted by atomic mass is 9.59. The van der Waals surface area contributed by atoms with Crippen LogP contribution in [0.25, 0.3) is 0 Å². The van der Waals surface area contributed by atoms with E-state index in [-0.39, 0.29) is 24.8 Å². The standard InChI is InChI=1S/C46H60O10/c1-41(2)37(47)45-33(29-43(41,5)55-45)31-21-13-15-23-35(31)51-25-17-11-12-18-26-52-36-24-16-14-22-32(36)34-30-44(6)42(3,4)38(48)46(34,56-44)40(50)54-28-20-10-8-7-9-19-27-53-39(45)49/h13-16,21-24,33-34H,7-12,17-20,25-30H2,1-6H3/t33-,34-,43-,44-,45+,46+/m1/s1. The quantitative estimate of drug-likeness (QED) is 0.191. The first kappa shape index (κ1) is 40.4. The monoisotopic (exact) mass is 772 g/mol. The van der Waals surface area contributed by atoms with Crippen LogP contribution in [0.4, 0.5) is 0 Å². The minimum Gasteiger partial charge on any atom is -0.493 e. The van der Waals surface area contributed by atoms with Crippen LogP contribution in [0.5, 0.6) is 11.5 Å². The predicted octanol–water partition coefficient (Wildman–Crippen LogP) is 8.37. The number of esters is 2. The summed E-state index contributed by atoms with van der Waals surface area (Å²) in [6.45, 7) is 12.7. The number of carbonyl (C=O) groups excluding carboxylic acids is 4. The van der Waals surface area contributed by atoms with Crippen molar-refractivity contribution >= 4 is 23.5 Å². The SMILES string of the molecule is CC1(C)C(=O)[C@@]23O[C@]1(C)C[C@@H]2c1ccccc1OCCCCCCOc1ccccc1[C@H]1C[C@@]2(C)O[C@]1(C(=O)OCCCCCCCCOC3=O)C(=O)C2(C)C. The van der Waals surface area contributed by atoms with Gasteiger partial charge in [-0.25, -0.2) is 9.59 Å². The van der Waals surface area contributed by atoms with Crippen LogP contribution in [0, 0.1) is 10.8 Å². The van der Waals surface area contributed by atoms with E-state index in [0.717, 1.165) is 62.5 Å². The zero-order valence-electron chi connectivity index (χ0n) is 34.2. The third-order valence-electron chi connectivity index (χ3n) is 14.1. The minimum atomic E-state index is -1.73. The van der Waals surface area contributed by atoms with Crippen LogP contribution in [-0.2, 0) is 38.1 Å². The molecule has 5 aliphatic heterocycles. The van der Waals surface area contributed by atoms with Crippen molar-refractivity contribution in [2.75, 3.05) is 26.4 Å². The zero-order chi connectivity index (χ0) is 40.0. The highest BCUT2D eigenvalue weighted by atomic mass is 16.6. The Labute approximate surface area is 331 Å². The average molecular weight is 773 g/mol. The second kappa shape index (κ2) is 15.2. The summed E-state index contributed by atoms with van der Waals surface area (Å²) < 4.78 is 37.5. The lowest BCUT2D eigenvalue weighted by Crippen LogP contribution is -2.55. The molecule has 56 heavy (non-hydrogen) atoms. The number of fused-ring (bicyclic) bond motifs is 6. The van der Waals surface area contributed by atoms with Gasteiger partial charge in [0.25, 0.3) is 0 Å². The highest BCUT2D eigenvalue weighted by Gasteiger charge is 2.79. The second-order valence-electron chi connectivity index (χ2n) is 18.1. The largest absolute Gasteiger partial charge is 0.493 e. The zero-order valence-corrected chi connectivity index (χ0v) is 34.2. The van der Waals surface area contributed by atoms with Gasteiger partial charge in [0.15, 0.2) is 11.6 Å². The molecule has 2 aromatic carbocycles. The molecule has 0 amide bonds. The van der Waals surface area contributed by atoms with Crippen LogP contribution < -0.4 is 9.47 Å². The molecule has 0 aliphatic carbocycles. The molecule has 4 fully saturated rings. The molecule has 7 rings (SSSR count). The summed E-state index contributed by atoms with van der Waals surface area (Å²) in [6, 6.07) is 15.4. The van der Waals surface area contributed by atoms with Gasteiger partial charge < -0.3 is 28.4 Å². The van der Waals surface area contributed by atoms with Crippen molar-refractivity contribution in [1.82, 2.24) is 0 Å². The van der Waals surface area contributed by atoms with Gasteiger partial charge in [0, 0.05) is 23.0 Å². The van der Waals surface area contributed by atoms with Crippen LogP contribution in [-0.4, -0.2) is 72.3 Å². The lowest BCUT2D eigenvalue weighted by Gasteiger charge is -2.39. The van der Waals surface area contributed by atoms with Gasteiger partial charge in [0.1, 0.15) is 11.5 Å². The smallest absolute Gasteiger partial charge is 0.346 e. The molecule has 0 saturated carbocycles.